The van der Waals surface area contributed by atoms with E-state index in [1.807, 2.05) is 0 Å². The molecule has 0 amide bonds. The highest BCUT2D eigenvalue weighted by Crippen LogP contribution is 2.19. The van der Waals surface area contributed by atoms with Crippen molar-refractivity contribution in [1.82, 2.24) is 0 Å². The van der Waals surface area contributed by atoms with Crippen LogP contribution < -0.4 is 4.74 Å². The third-order valence-electron chi connectivity index (χ3n) is 2.44. The minimum absolute atomic E-state index is 0.197. The van der Waals surface area contributed by atoms with Gasteiger partial charge in [-0.25, -0.2) is 4.79 Å². The van der Waals surface area contributed by atoms with E-state index >= 15 is 0 Å². The van der Waals surface area contributed by atoms with Gasteiger partial charge in [0.25, 0.3) is 0 Å². The van der Waals surface area contributed by atoms with E-state index in [-0.39, 0.29) is 12.2 Å². The molecule has 0 radical (unpaired) electrons. The lowest BCUT2D eigenvalue weighted by atomic mass is 10.1. The normalized spacial score (nSPS) is 10.1. The lowest BCUT2D eigenvalue weighted by Crippen LogP contribution is -2.05. The Morgan fingerprint density at radius 3 is 2.67 bits per heavy atom. The van der Waals surface area contributed by atoms with Crippen molar-refractivity contribution in [2.75, 3.05) is 0 Å². The topological polar surface area (TPSA) is 46.5 Å². The van der Waals surface area contributed by atoms with Gasteiger partial charge in [0.1, 0.15) is 12.4 Å². The Balaban J connectivity index is 2.13. The molecule has 1 N–H and O–H groups in total. The van der Waals surface area contributed by atoms with Crippen LogP contribution in [0.2, 0.25) is 5.02 Å². The number of benzene rings is 2. The first-order valence-electron chi connectivity index (χ1n) is 5.36. The highest BCUT2D eigenvalue weighted by atomic mass is 35.5. The van der Waals surface area contributed by atoms with Gasteiger partial charge in [-0.3, -0.25) is 0 Å². The Bertz CT molecular complexity index is 566. The summed E-state index contributed by atoms with van der Waals surface area (Å²) in [6.45, 7) is 0.197. The second-order valence-electron chi connectivity index (χ2n) is 3.71. The number of rotatable bonds is 4. The Morgan fingerprint density at radius 2 is 1.94 bits per heavy atom. The van der Waals surface area contributed by atoms with Crippen molar-refractivity contribution in [1.29, 1.82) is 0 Å². The van der Waals surface area contributed by atoms with E-state index in [2.05, 4.69) is 0 Å². The van der Waals surface area contributed by atoms with Crippen LogP contribution in [-0.4, -0.2) is 11.1 Å². The lowest BCUT2D eigenvalue weighted by molar-refractivity contribution is 0.0694. The van der Waals surface area contributed by atoms with Crippen molar-refractivity contribution in [2.24, 2.45) is 0 Å². The van der Waals surface area contributed by atoms with Gasteiger partial charge in [0, 0.05) is 10.6 Å². The van der Waals surface area contributed by atoms with Gasteiger partial charge >= 0.3 is 5.97 Å². The molecule has 0 atom stereocenters. The third-order valence-corrected chi connectivity index (χ3v) is 2.67. The van der Waals surface area contributed by atoms with Crippen molar-refractivity contribution in [3.8, 4) is 5.75 Å². The van der Waals surface area contributed by atoms with Crippen molar-refractivity contribution in [3.63, 3.8) is 0 Å². The summed E-state index contributed by atoms with van der Waals surface area (Å²) in [5.41, 5.74) is 0.879. The minimum Gasteiger partial charge on any atom is -0.489 e. The zero-order valence-electron chi connectivity index (χ0n) is 9.47. The summed E-state index contributed by atoms with van der Waals surface area (Å²) in [4.78, 5) is 11.0. The molecule has 0 spiro atoms. The maximum Gasteiger partial charge on any atom is 0.336 e. The van der Waals surface area contributed by atoms with Gasteiger partial charge in [0.05, 0.1) is 5.56 Å². The quantitative estimate of drug-likeness (QED) is 0.915. The van der Waals surface area contributed by atoms with Crippen LogP contribution in [0.1, 0.15) is 15.9 Å². The standard InChI is InChI=1S/C14H11ClO3/c15-11-5-3-6-12(8-11)18-9-10-4-1-2-7-13(10)14(16)17/h1-8H,9H2,(H,16,17). The number of hydrogen-bond donors (Lipinski definition) is 1. The zero-order chi connectivity index (χ0) is 13.0. The van der Waals surface area contributed by atoms with Gasteiger partial charge < -0.3 is 9.84 Å². The van der Waals surface area contributed by atoms with Crippen LogP contribution in [-0.2, 0) is 6.61 Å². The molecule has 0 saturated heterocycles. The molecule has 18 heavy (non-hydrogen) atoms. The predicted molar refractivity (Wildman–Crippen MR) is 69.2 cm³/mol. The average molecular weight is 263 g/mol. The van der Waals surface area contributed by atoms with Crippen molar-refractivity contribution >= 4 is 17.6 Å². The smallest absolute Gasteiger partial charge is 0.336 e. The summed E-state index contributed by atoms with van der Waals surface area (Å²) in [5.74, 6) is -0.344. The summed E-state index contributed by atoms with van der Waals surface area (Å²) < 4.78 is 5.52. The Kier molecular flexibility index (Phi) is 3.85. The first-order chi connectivity index (χ1) is 8.66. The summed E-state index contributed by atoms with van der Waals surface area (Å²) in [6, 6.07) is 13.7. The van der Waals surface area contributed by atoms with E-state index < -0.39 is 5.97 Å². The number of carboxylic acids is 1. The first-order valence-corrected chi connectivity index (χ1v) is 5.74. The van der Waals surface area contributed by atoms with Gasteiger partial charge in [-0.2, -0.15) is 0 Å². The molecule has 2 aromatic rings. The maximum absolute atomic E-state index is 11.0. The van der Waals surface area contributed by atoms with E-state index in [9.17, 15) is 4.79 Å². The van der Waals surface area contributed by atoms with E-state index in [1.165, 1.54) is 0 Å². The van der Waals surface area contributed by atoms with E-state index in [4.69, 9.17) is 21.4 Å². The number of ether oxygens (including phenoxy) is 1. The van der Waals surface area contributed by atoms with E-state index in [1.54, 1.807) is 48.5 Å². The highest BCUT2D eigenvalue weighted by Gasteiger charge is 2.09. The van der Waals surface area contributed by atoms with Gasteiger partial charge in [0.15, 0.2) is 0 Å². The van der Waals surface area contributed by atoms with Crippen LogP contribution >= 0.6 is 11.6 Å². The molecule has 3 nitrogen and oxygen atoms in total. The molecule has 0 heterocycles. The van der Waals surface area contributed by atoms with Crippen LogP contribution in [0.4, 0.5) is 0 Å². The summed E-state index contributed by atoms with van der Waals surface area (Å²) in [7, 11) is 0. The largest absolute Gasteiger partial charge is 0.489 e. The second kappa shape index (κ2) is 5.56. The number of halogens is 1. The molecular weight excluding hydrogens is 252 g/mol. The van der Waals surface area contributed by atoms with E-state index in [0.717, 1.165) is 0 Å². The lowest BCUT2D eigenvalue weighted by Gasteiger charge is -2.08. The molecule has 2 rings (SSSR count). The fraction of sp³-hybridized carbons (Fsp3) is 0.0714. The maximum atomic E-state index is 11.0. The number of carboxylic acid groups (broad SMARTS) is 1. The molecule has 0 aromatic heterocycles. The molecule has 4 heteroatoms. The molecule has 0 aliphatic carbocycles. The molecule has 0 aliphatic rings. The molecule has 0 fully saturated rings. The number of aromatic carboxylic acids is 1. The molecule has 0 aliphatic heterocycles. The van der Waals surface area contributed by atoms with Gasteiger partial charge in [-0.1, -0.05) is 35.9 Å². The summed E-state index contributed by atoms with van der Waals surface area (Å²) in [5, 5.41) is 9.61. The van der Waals surface area contributed by atoms with Crippen LogP contribution in [0.3, 0.4) is 0 Å². The van der Waals surface area contributed by atoms with E-state index in [0.29, 0.717) is 16.3 Å². The van der Waals surface area contributed by atoms with Crippen molar-refractivity contribution in [3.05, 3.63) is 64.7 Å². The van der Waals surface area contributed by atoms with Crippen LogP contribution in [0.5, 0.6) is 5.75 Å². The molecular formula is C14H11ClO3. The summed E-state index contributed by atoms with van der Waals surface area (Å²) in [6.07, 6.45) is 0. The van der Waals surface area contributed by atoms with Crippen LogP contribution in [0.15, 0.2) is 48.5 Å². The number of carbonyl (C=O) groups is 1. The molecule has 0 unspecified atom stereocenters. The van der Waals surface area contributed by atoms with Crippen LogP contribution in [0, 0.1) is 0 Å². The number of hydrogen-bond acceptors (Lipinski definition) is 2. The van der Waals surface area contributed by atoms with Crippen molar-refractivity contribution in [2.45, 2.75) is 6.61 Å². The SMILES string of the molecule is O=C(O)c1ccccc1COc1cccc(Cl)c1. The average Bonchev–Trinajstić information content (AvgIpc) is 2.37. The Morgan fingerprint density at radius 1 is 1.17 bits per heavy atom. The monoisotopic (exact) mass is 262 g/mol. The predicted octanol–water partition coefficient (Wildman–Crippen LogP) is 3.62. The highest BCUT2D eigenvalue weighted by molar-refractivity contribution is 6.30. The van der Waals surface area contributed by atoms with Gasteiger partial charge in [-0.05, 0) is 24.3 Å². The van der Waals surface area contributed by atoms with Crippen LogP contribution in [0.25, 0.3) is 0 Å². The fourth-order valence-electron chi connectivity index (χ4n) is 1.57. The minimum atomic E-state index is -0.958. The Hall–Kier alpha value is -2.00. The molecule has 0 saturated carbocycles. The molecule has 2 aromatic carbocycles. The second-order valence-corrected chi connectivity index (χ2v) is 4.14. The summed E-state index contributed by atoms with van der Waals surface area (Å²) >= 11 is 5.83. The molecule has 0 bridgehead atoms. The van der Waals surface area contributed by atoms with Crippen molar-refractivity contribution < 1.29 is 14.6 Å². The Labute approximate surface area is 110 Å². The first kappa shape index (κ1) is 12.5. The fourth-order valence-corrected chi connectivity index (χ4v) is 1.75. The molecule has 92 valence electrons. The van der Waals surface area contributed by atoms with Gasteiger partial charge in [-0.15, -0.1) is 0 Å². The zero-order valence-corrected chi connectivity index (χ0v) is 10.2. The van der Waals surface area contributed by atoms with Gasteiger partial charge in [0.2, 0.25) is 0 Å². The third kappa shape index (κ3) is 3.02.